The first kappa shape index (κ1) is 18.2. The van der Waals surface area contributed by atoms with E-state index in [1.807, 2.05) is 0 Å². The first-order chi connectivity index (χ1) is 12.9. The molecule has 144 valence electrons. The largest absolute Gasteiger partial charge is 0.353 e. The molecule has 0 radical (unpaired) electrons. The molecule has 5 heteroatoms. The molecule has 4 rings (SSSR count). The van der Waals surface area contributed by atoms with E-state index in [0.29, 0.717) is 5.92 Å². The first-order valence-corrected chi connectivity index (χ1v) is 10.0. The summed E-state index contributed by atoms with van der Waals surface area (Å²) in [5.41, 5.74) is 4.17. The summed E-state index contributed by atoms with van der Waals surface area (Å²) < 4.78 is 0. The molecule has 1 aliphatic heterocycles. The fourth-order valence-electron chi connectivity index (χ4n) is 3.98. The van der Waals surface area contributed by atoms with E-state index in [2.05, 4.69) is 73.4 Å². The van der Waals surface area contributed by atoms with Crippen molar-refractivity contribution < 1.29 is 0 Å². The molecule has 1 N–H and O–H groups in total. The lowest BCUT2D eigenvalue weighted by Gasteiger charge is -2.40. The van der Waals surface area contributed by atoms with Crippen LogP contribution < -0.4 is 10.2 Å². The summed E-state index contributed by atoms with van der Waals surface area (Å²) in [4.78, 5) is 14.3. The summed E-state index contributed by atoms with van der Waals surface area (Å²) in [5, 5.41) is 3.43. The summed E-state index contributed by atoms with van der Waals surface area (Å²) in [5.74, 6) is 2.45. The number of rotatable bonds is 6. The maximum atomic E-state index is 4.89. The molecule has 2 heterocycles. The highest BCUT2D eigenvalue weighted by molar-refractivity contribution is 5.51. The number of hydrogen-bond acceptors (Lipinski definition) is 5. The highest BCUT2D eigenvalue weighted by atomic mass is 15.2. The lowest BCUT2D eigenvalue weighted by atomic mass is 9.78. The van der Waals surface area contributed by atoms with Crippen molar-refractivity contribution in [2.24, 2.45) is 0 Å². The Morgan fingerprint density at radius 3 is 2.70 bits per heavy atom. The number of nitrogens with one attached hydrogen (secondary N) is 1. The zero-order valence-corrected chi connectivity index (χ0v) is 17.0. The average molecular weight is 366 g/mol. The normalized spacial score (nSPS) is 18.5. The molecule has 2 aliphatic rings. The molecule has 5 nitrogen and oxygen atoms in total. The van der Waals surface area contributed by atoms with Crippen LogP contribution in [-0.4, -0.2) is 48.6 Å². The van der Waals surface area contributed by atoms with E-state index in [4.69, 9.17) is 9.97 Å². The number of benzene rings is 1. The predicted octanol–water partition coefficient (Wildman–Crippen LogP) is 3.63. The standard InChI is InChI=1S/C22H31N5/c1-22(2)15-27(14-17-7-5-6-8-18(17)22)20-13-19(16-9-10-16)24-21(25-20)23-11-12-26(3)4/h5-8,13,16H,9-12,14-15H2,1-4H3,(H,23,24,25). The minimum absolute atomic E-state index is 0.109. The van der Waals surface area contributed by atoms with Gasteiger partial charge in [-0.1, -0.05) is 38.1 Å². The van der Waals surface area contributed by atoms with E-state index in [9.17, 15) is 0 Å². The van der Waals surface area contributed by atoms with Crippen molar-refractivity contribution in [3.63, 3.8) is 0 Å². The molecular formula is C22H31N5. The summed E-state index contributed by atoms with van der Waals surface area (Å²) >= 11 is 0. The SMILES string of the molecule is CN(C)CCNc1nc(C2CC2)cc(N2Cc3ccccc3C(C)(C)C2)n1. The summed E-state index contributed by atoms with van der Waals surface area (Å²) in [7, 11) is 4.17. The van der Waals surface area contributed by atoms with E-state index in [0.717, 1.165) is 37.9 Å². The number of aromatic nitrogens is 2. The Hall–Kier alpha value is -2.14. The van der Waals surface area contributed by atoms with Gasteiger partial charge in [-0.25, -0.2) is 4.98 Å². The van der Waals surface area contributed by atoms with E-state index in [-0.39, 0.29) is 5.41 Å². The van der Waals surface area contributed by atoms with Gasteiger partial charge >= 0.3 is 0 Å². The zero-order valence-electron chi connectivity index (χ0n) is 17.0. The fourth-order valence-corrected chi connectivity index (χ4v) is 3.98. The minimum atomic E-state index is 0.109. The third-order valence-corrected chi connectivity index (χ3v) is 5.59. The van der Waals surface area contributed by atoms with Gasteiger partial charge in [0.2, 0.25) is 5.95 Å². The lowest BCUT2D eigenvalue weighted by Crippen LogP contribution is -2.42. The monoisotopic (exact) mass is 365 g/mol. The Kier molecular flexibility index (Phi) is 4.81. The van der Waals surface area contributed by atoms with Gasteiger partial charge in [-0.3, -0.25) is 0 Å². The summed E-state index contributed by atoms with van der Waals surface area (Å²) in [6, 6.07) is 11.0. The molecule has 1 aliphatic carbocycles. The van der Waals surface area contributed by atoms with E-state index in [1.165, 1.54) is 29.7 Å². The second kappa shape index (κ2) is 7.12. The van der Waals surface area contributed by atoms with Gasteiger partial charge in [0, 0.05) is 43.6 Å². The Balaban J connectivity index is 1.62. The fraction of sp³-hybridized carbons (Fsp3) is 0.545. The van der Waals surface area contributed by atoms with Gasteiger partial charge in [0.15, 0.2) is 0 Å². The van der Waals surface area contributed by atoms with Crippen molar-refractivity contribution in [3.8, 4) is 0 Å². The van der Waals surface area contributed by atoms with E-state index in [1.54, 1.807) is 0 Å². The van der Waals surface area contributed by atoms with Gasteiger partial charge in [0.05, 0.1) is 5.69 Å². The van der Waals surface area contributed by atoms with Crippen molar-refractivity contribution in [3.05, 3.63) is 47.2 Å². The summed E-state index contributed by atoms with van der Waals surface area (Å²) in [6.45, 7) is 8.37. The third kappa shape index (κ3) is 4.08. The lowest BCUT2D eigenvalue weighted by molar-refractivity contribution is 0.425. The Morgan fingerprint density at radius 1 is 1.19 bits per heavy atom. The minimum Gasteiger partial charge on any atom is -0.353 e. The molecule has 2 aromatic rings. The maximum Gasteiger partial charge on any atom is 0.224 e. The van der Waals surface area contributed by atoms with Crippen molar-refractivity contribution in [2.75, 3.05) is 43.9 Å². The number of fused-ring (bicyclic) bond motifs is 1. The van der Waals surface area contributed by atoms with Crippen LogP contribution in [0.25, 0.3) is 0 Å². The molecule has 0 unspecified atom stereocenters. The summed E-state index contributed by atoms with van der Waals surface area (Å²) in [6.07, 6.45) is 2.50. The van der Waals surface area contributed by atoms with Gasteiger partial charge in [0.1, 0.15) is 5.82 Å². The highest BCUT2D eigenvalue weighted by Crippen LogP contribution is 2.41. The van der Waals surface area contributed by atoms with Gasteiger partial charge in [-0.05, 0) is 38.1 Å². The molecule has 1 aromatic heterocycles. The van der Waals surface area contributed by atoms with Gasteiger partial charge in [-0.15, -0.1) is 0 Å². The number of nitrogens with zero attached hydrogens (tertiary/aromatic N) is 4. The van der Waals surface area contributed by atoms with E-state index < -0.39 is 0 Å². The van der Waals surface area contributed by atoms with Crippen LogP contribution in [0.2, 0.25) is 0 Å². The van der Waals surface area contributed by atoms with Gasteiger partial charge in [-0.2, -0.15) is 4.98 Å². The topological polar surface area (TPSA) is 44.3 Å². The quantitative estimate of drug-likeness (QED) is 0.847. The van der Waals surface area contributed by atoms with Crippen LogP contribution in [0, 0.1) is 0 Å². The molecule has 0 saturated heterocycles. The van der Waals surface area contributed by atoms with E-state index >= 15 is 0 Å². The van der Waals surface area contributed by atoms with Crippen molar-refractivity contribution in [1.29, 1.82) is 0 Å². The molecule has 0 spiro atoms. The predicted molar refractivity (Wildman–Crippen MR) is 112 cm³/mol. The maximum absolute atomic E-state index is 4.89. The molecule has 0 atom stereocenters. The van der Waals surface area contributed by atoms with Crippen LogP contribution in [0.4, 0.5) is 11.8 Å². The van der Waals surface area contributed by atoms with Crippen molar-refractivity contribution >= 4 is 11.8 Å². The Morgan fingerprint density at radius 2 is 1.96 bits per heavy atom. The van der Waals surface area contributed by atoms with Crippen LogP contribution in [0.3, 0.4) is 0 Å². The second-order valence-corrected chi connectivity index (χ2v) is 8.88. The van der Waals surface area contributed by atoms with Crippen molar-refractivity contribution in [1.82, 2.24) is 14.9 Å². The molecule has 1 fully saturated rings. The van der Waals surface area contributed by atoms with Gasteiger partial charge in [0.25, 0.3) is 0 Å². The zero-order chi connectivity index (χ0) is 19.0. The third-order valence-electron chi connectivity index (χ3n) is 5.59. The Labute approximate surface area is 162 Å². The molecular weight excluding hydrogens is 334 g/mol. The number of hydrogen-bond donors (Lipinski definition) is 1. The molecule has 0 bridgehead atoms. The average Bonchev–Trinajstić information content (AvgIpc) is 3.46. The smallest absolute Gasteiger partial charge is 0.224 e. The van der Waals surface area contributed by atoms with Gasteiger partial charge < -0.3 is 15.1 Å². The van der Waals surface area contributed by atoms with Crippen LogP contribution >= 0.6 is 0 Å². The molecule has 27 heavy (non-hydrogen) atoms. The number of likely N-dealkylation sites (N-methyl/N-ethyl adjacent to an activating group) is 1. The van der Waals surface area contributed by atoms with Crippen molar-refractivity contribution in [2.45, 2.75) is 44.6 Å². The molecule has 0 amide bonds. The van der Waals surface area contributed by atoms with Crippen LogP contribution in [0.1, 0.15) is 49.4 Å². The molecule has 1 saturated carbocycles. The second-order valence-electron chi connectivity index (χ2n) is 8.88. The first-order valence-electron chi connectivity index (χ1n) is 10.0. The van der Waals surface area contributed by atoms with Crippen LogP contribution in [0.5, 0.6) is 0 Å². The van der Waals surface area contributed by atoms with Crippen LogP contribution in [-0.2, 0) is 12.0 Å². The number of anilines is 2. The van der Waals surface area contributed by atoms with Crippen LogP contribution in [0.15, 0.2) is 30.3 Å². The molecule has 1 aromatic carbocycles. The Bertz CT molecular complexity index is 810. The highest BCUT2D eigenvalue weighted by Gasteiger charge is 2.33.